The van der Waals surface area contributed by atoms with Crippen LogP contribution in [0.4, 0.5) is 18.9 Å². The third kappa shape index (κ3) is 4.59. The molecule has 0 aliphatic carbocycles. The van der Waals surface area contributed by atoms with E-state index in [0.717, 1.165) is 36.2 Å². The number of nitrogens with one attached hydrogen (secondary N) is 1. The monoisotopic (exact) mass is 409 g/mol. The Kier molecular flexibility index (Phi) is 6.35. The molecule has 4 heteroatoms. The maximum absolute atomic E-state index is 12.8. The van der Waals surface area contributed by atoms with Crippen molar-refractivity contribution in [2.45, 2.75) is 31.4 Å². The minimum Gasteiger partial charge on any atom is -0.388 e. The molecule has 1 N–H and O–H groups in total. The molecule has 0 fully saturated rings. The quantitative estimate of drug-likeness (QED) is 0.392. The van der Waals surface area contributed by atoms with E-state index in [4.69, 9.17) is 0 Å². The summed E-state index contributed by atoms with van der Waals surface area (Å²) in [6.45, 7) is 6.16. The van der Waals surface area contributed by atoms with Crippen LogP contribution in [-0.4, -0.2) is 7.05 Å². The molecule has 3 aromatic rings. The SMILES string of the molecule is C=CCC(C)(C/C=C/c1ccc(C(F)(F)F)cc1)c1c(NC)ccc2ccccc12. The maximum Gasteiger partial charge on any atom is 0.416 e. The van der Waals surface area contributed by atoms with Gasteiger partial charge in [0.25, 0.3) is 0 Å². The van der Waals surface area contributed by atoms with Crippen molar-refractivity contribution >= 4 is 22.5 Å². The van der Waals surface area contributed by atoms with Crippen molar-refractivity contribution in [2.75, 3.05) is 12.4 Å². The molecule has 0 bridgehead atoms. The Morgan fingerprint density at radius 3 is 2.27 bits per heavy atom. The van der Waals surface area contributed by atoms with E-state index in [1.165, 1.54) is 28.5 Å². The standard InChI is InChI=1S/C26H26F3N/c1-4-17-25(2,18-7-8-19-11-14-21(15-12-19)26(27,28)29)24-22-10-6-5-9-20(22)13-16-23(24)30-3/h4-16,30H,1,17-18H2,2-3H3/b8-7+. The molecule has 30 heavy (non-hydrogen) atoms. The van der Waals surface area contributed by atoms with Crippen LogP contribution >= 0.6 is 0 Å². The Morgan fingerprint density at radius 2 is 1.63 bits per heavy atom. The Bertz CT molecular complexity index is 1050. The van der Waals surface area contributed by atoms with Crippen LogP contribution in [0.3, 0.4) is 0 Å². The summed E-state index contributed by atoms with van der Waals surface area (Å²) in [4.78, 5) is 0. The summed E-state index contributed by atoms with van der Waals surface area (Å²) in [5.41, 5.74) is 2.19. The lowest BCUT2D eigenvalue weighted by Gasteiger charge is -2.31. The van der Waals surface area contributed by atoms with Crippen molar-refractivity contribution in [3.63, 3.8) is 0 Å². The van der Waals surface area contributed by atoms with Crippen molar-refractivity contribution in [3.05, 3.63) is 96.1 Å². The van der Waals surface area contributed by atoms with Crippen LogP contribution in [0.25, 0.3) is 16.8 Å². The molecule has 1 unspecified atom stereocenters. The van der Waals surface area contributed by atoms with Gasteiger partial charge in [-0.05, 0) is 52.9 Å². The summed E-state index contributed by atoms with van der Waals surface area (Å²) in [6.07, 6.45) is 3.02. The summed E-state index contributed by atoms with van der Waals surface area (Å²) in [5, 5.41) is 5.68. The highest BCUT2D eigenvalue weighted by Crippen LogP contribution is 2.41. The van der Waals surface area contributed by atoms with Gasteiger partial charge in [-0.25, -0.2) is 0 Å². The number of rotatable bonds is 7. The molecule has 0 aromatic heterocycles. The van der Waals surface area contributed by atoms with Gasteiger partial charge in [-0.1, -0.05) is 67.6 Å². The maximum atomic E-state index is 12.8. The third-order valence-corrected chi connectivity index (χ3v) is 5.51. The number of hydrogen-bond acceptors (Lipinski definition) is 1. The Morgan fingerprint density at radius 1 is 0.933 bits per heavy atom. The van der Waals surface area contributed by atoms with Crippen LogP contribution in [0.1, 0.15) is 36.5 Å². The van der Waals surface area contributed by atoms with Crippen LogP contribution < -0.4 is 5.32 Å². The number of anilines is 1. The Hall–Kier alpha value is -3.01. The lowest BCUT2D eigenvalue weighted by atomic mass is 9.73. The smallest absolute Gasteiger partial charge is 0.388 e. The molecule has 0 saturated carbocycles. The van der Waals surface area contributed by atoms with Crippen LogP contribution in [0.2, 0.25) is 0 Å². The van der Waals surface area contributed by atoms with Crippen molar-refractivity contribution in [1.29, 1.82) is 0 Å². The summed E-state index contributed by atoms with van der Waals surface area (Å²) < 4.78 is 38.3. The second-order valence-corrected chi connectivity index (χ2v) is 7.74. The second kappa shape index (κ2) is 8.78. The molecular weight excluding hydrogens is 383 g/mol. The minimum atomic E-state index is -4.32. The number of allylic oxidation sites excluding steroid dienone is 2. The molecule has 0 aliphatic heterocycles. The molecule has 0 saturated heterocycles. The largest absolute Gasteiger partial charge is 0.416 e. The molecule has 156 valence electrons. The first-order valence-corrected chi connectivity index (χ1v) is 9.93. The number of halogens is 3. The minimum absolute atomic E-state index is 0.219. The van der Waals surface area contributed by atoms with E-state index < -0.39 is 11.7 Å². The molecule has 0 amide bonds. The van der Waals surface area contributed by atoms with Crippen molar-refractivity contribution in [2.24, 2.45) is 0 Å². The van der Waals surface area contributed by atoms with Crippen LogP contribution in [0.15, 0.2) is 79.4 Å². The number of hydrogen-bond donors (Lipinski definition) is 1. The van der Waals surface area contributed by atoms with E-state index in [2.05, 4.69) is 43.1 Å². The van der Waals surface area contributed by atoms with Gasteiger partial charge in [-0.15, -0.1) is 6.58 Å². The lowest BCUT2D eigenvalue weighted by molar-refractivity contribution is -0.137. The van der Waals surface area contributed by atoms with E-state index in [1.54, 1.807) is 0 Å². The normalized spacial score (nSPS) is 14.0. The van der Waals surface area contributed by atoms with Gasteiger partial charge in [0.05, 0.1) is 5.56 Å². The fraction of sp³-hybridized carbons (Fsp3) is 0.231. The van der Waals surface area contributed by atoms with Crippen LogP contribution in [0.5, 0.6) is 0 Å². The zero-order valence-corrected chi connectivity index (χ0v) is 17.3. The molecule has 3 aromatic carbocycles. The zero-order valence-electron chi connectivity index (χ0n) is 17.3. The molecule has 0 radical (unpaired) electrons. The first-order valence-electron chi connectivity index (χ1n) is 9.93. The van der Waals surface area contributed by atoms with Crippen LogP contribution in [-0.2, 0) is 11.6 Å². The summed E-state index contributed by atoms with van der Waals surface area (Å²) in [7, 11) is 1.92. The molecule has 1 atom stereocenters. The van der Waals surface area contributed by atoms with Gasteiger partial charge in [0.15, 0.2) is 0 Å². The summed E-state index contributed by atoms with van der Waals surface area (Å²) in [6, 6.07) is 17.7. The van der Waals surface area contributed by atoms with Crippen molar-refractivity contribution in [1.82, 2.24) is 0 Å². The fourth-order valence-electron chi connectivity index (χ4n) is 3.97. The topological polar surface area (TPSA) is 12.0 Å². The van der Waals surface area contributed by atoms with E-state index in [0.29, 0.717) is 0 Å². The highest BCUT2D eigenvalue weighted by atomic mass is 19.4. The third-order valence-electron chi connectivity index (χ3n) is 5.51. The molecule has 0 spiro atoms. The number of fused-ring (bicyclic) bond motifs is 1. The number of alkyl halides is 3. The molecule has 1 nitrogen and oxygen atoms in total. The first kappa shape index (κ1) is 21.7. The first-order chi connectivity index (χ1) is 14.3. The van der Waals surface area contributed by atoms with E-state index in [-0.39, 0.29) is 5.41 Å². The average molecular weight is 409 g/mol. The van der Waals surface area contributed by atoms with Gasteiger partial charge in [0, 0.05) is 18.2 Å². The predicted octanol–water partition coefficient (Wildman–Crippen LogP) is 7.84. The summed E-state index contributed by atoms with van der Waals surface area (Å²) in [5.74, 6) is 0. The predicted molar refractivity (Wildman–Crippen MR) is 121 cm³/mol. The van der Waals surface area contributed by atoms with Gasteiger partial charge < -0.3 is 5.32 Å². The highest BCUT2D eigenvalue weighted by molar-refractivity contribution is 5.91. The van der Waals surface area contributed by atoms with Gasteiger partial charge in [-0.2, -0.15) is 13.2 Å². The van der Waals surface area contributed by atoms with Gasteiger partial charge in [0.1, 0.15) is 0 Å². The molecule has 0 heterocycles. The number of benzene rings is 3. The van der Waals surface area contributed by atoms with Crippen molar-refractivity contribution < 1.29 is 13.2 Å². The lowest BCUT2D eigenvalue weighted by Crippen LogP contribution is -2.22. The Balaban J connectivity index is 1.95. The second-order valence-electron chi connectivity index (χ2n) is 7.74. The summed E-state index contributed by atoms with van der Waals surface area (Å²) >= 11 is 0. The van der Waals surface area contributed by atoms with E-state index in [1.807, 2.05) is 37.4 Å². The van der Waals surface area contributed by atoms with Gasteiger partial charge >= 0.3 is 6.18 Å². The van der Waals surface area contributed by atoms with E-state index >= 15 is 0 Å². The fourth-order valence-corrected chi connectivity index (χ4v) is 3.97. The molecule has 3 rings (SSSR count). The average Bonchev–Trinajstić information content (AvgIpc) is 2.72. The van der Waals surface area contributed by atoms with Gasteiger partial charge in [0.2, 0.25) is 0 Å². The van der Waals surface area contributed by atoms with Gasteiger partial charge in [-0.3, -0.25) is 0 Å². The zero-order chi connectivity index (χ0) is 21.8. The highest BCUT2D eigenvalue weighted by Gasteiger charge is 2.30. The molecular formula is C26H26F3N. The van der Waals surface area contributed by atoms with Crippen LogP contribution in [0, 0.1) is 0 Å². The molecule has 0 aliphatic rings. The van der Waals surface area contributed by atoms with Crippen molar-refractivity contribution in [3.8, 4) is 0 Å². The van der Waals surface area contributed by atoms with E-state index in [9.17, 15) is 13.2 Å². The Labute approximate surface area is 175 Å².